The van der Waals surface area contributed by atoms with Crippen LogP contribution in [0.2, 0.25) is 0 Å². The average molecular weight is 330 g/mol. The van der Waals surface area contributed by atoms with Gasteiger partial charge in [-0.25, -0.2) is 5.43 Å². The fourth-order valence-corrected chi connectivity index (χ4v) is 2.67. The summed E-state index contributed by atoms with van der Waals surface area (Å²) in [7, 11) is 1.47. The Morgan fingerprint density at radius 2 is 2.04 bits per heavy atom. The molecule has 1 amide bonds. The molecule has 0 saturated carbocycles. The fourth-order valence-electron chi connectivity index (χ4n) is 1.79. The number of hydrogen-bond acceptors (Lipinski definition) is 5. The van der Waals surface area contributed by atoms with E-state index in [1.807, 2.05) is 37.3 Å². The molecule has 2 N–H and O–H groups in total. The van der Waals surface area contributed by atoms with E-state index in [0.717, 1.165) is 4.90 Å². The zero-order chi connectivity index (χ0) is 16.7. The Morgan fingerprint density at radius 3 is 2.74 bits per heavy atom. The number of nitrogens with one attached hydrogen (secondary N) is 1. The number of hydrazone groups is 1. The van der Waals surface area contributed by atoms with Crippen molar-refractivity contribution in [2.75, 3.05) is 7.11 Å². The van der Waals surface area contributed by atoms with Gasteiger partial charge in [-0.05, 0) is 42.8 Å². The second kappa shape index (κ2) is 8.24. The van der Waals surface area contributed by atoms with E-state index in [1.54, 1.807) is 12.1 Å². The molecule has 1 atom stereocenters. The van der Waals surface area contributed by atoms with Crippen LogP contribution in [0.15, 0.2) is 58.5 Å². The Kier molecular flexibility index (Phi) is 6.05. The van der Waals surface area contributed by atoms with Crippen LogP contribution in [0.1, 0.15) is 12.5 Å². The van der Waals surface area contributed by atoms with Gasteiger partial charge in [0, 0.05) is 4.90 Å². The molecule has 0 radical (unpaired) electrons. The number of thioether (sulfide) groups is 1. The van der Waals surface area contributed by atoms with Gasteiger partial charge in [-0.15, -0.1) is 11.8 Å². The standard InChI is InChI=1S/C17H18N2O3S/c1-12(23-14-6-4-3-5-7-14)17(21)19-18-11-13-8-9-15(20)16(10-13)22-2/h3-12,20H,1-2H3,(H,19,21)/b18-11+. The number of phenolic OH excluding ortho intramolecular Hbond substituents is 1. The van der Waals surface area contributed by atoms with Crippen LogP contribution in [0.3, 0.4) is 0 Å². The number of benzene rings is 2. The van der Waals surface area contributed by atoms with Crippen LogP contribution in [0.5, 0.6) is 11.5 Å². The Bertz CT molecular complexity index is 689. The van der Waals surface area contributed by atoms with Gasteiger partial charge in [0.2, 0.25) is 0 Å². The summed E-state index contributed by atoms with van der Waals surface area (Å²) in [6.07, 6.45) is 1.50. The van der Waals surface area contributed by atoms with Crippen LogP contribution in [0.4, 0.5) is 0 Å². The minimum absolute atomic E-state index is 0.0570. The Morgan fingerprint density at radius 1 is 1.30 bits per heavy atom. The molecule has 23 heavy (non-hydrogen) atoms. The molecule has 0 aromatic heterocycles. The Labute approximate surface area is 139 Å². The van der Waals surface area contributed by atoms with Crippen LogP contribution in [-0.2, 0) is 4.79 Å². The van der Waals surface area contributed by atoms with Crippen molar-refractivity contribution in [3.63, 3.8) is 0 Å². The maximum absolute atomic E-state index is 12.0. The third-order valence-electron chi connectivity index (χ3n) is 3.02. The van der Waals surface area contributed by atoms with Crippen molar-refractivity contribution in [3.05, 3.63) is 54.1 Å². The van der Waals surface area contributed by atoms with Crippen molar-refractivity contribution in [2.24, 2.45) is 5.10 Å². The van der Waals surface area contributed by atoms with E-state index in [2.05, 4.69) is 10.5 Å². The molecule has 0 fully saturated rings. The van der Waals surface area contributed by atoms with E-state index in [-0.39, 0.29) is 16.9 Å². The first-order chi connectivity index (χ1) is 11.1. The van der Waals surface area contributed by atoms with Crippen molar-refractivity contribution >= 4 is 23.9 Å². The summed E-state index contributed by atoms with van der Waals surface area (Å²) in [5.41, 5.74) is 3.22. The normalized spacial score (nSPS) is 12.1. The number of hydrogen-bond donors (Lipinski definition) is 2. The Hall–Kier alpha value is -2.47. The molecule has 0 aliphatic rings. The van der Waals surface area contributed by atoms with Crippen LogP contribution in [0.25, 0.3) is 0 Å². The van der Waals surface area contributed by atoms with Gasteiger partial charge >= 0.3 is 0 Å². The van der Waals surface area contributed by atoms with E-state index in [4.69, 9.17) is 4.74 Å². The molecule has 0 aliphatic heterocycles. The van der Waals surface area contributed by atoms with Gasteiger partial charge in [0.05, 0.1) is 18.6 Å². The third-order valence-corrected chi connectivity index (χ3v) is 4.13. The van der Waals surface area contributed by atoms with Crippen molar-refractivity contribution in [2.45, 2.75) is 17.1 Å². The summed E-state index contributed by atoms with van der Waals surface area (Å²) < 4.78 is 5.02. The molecule has 5 nitrogen and oxygen atoms in total. The number of phenols is 1. The molecule has 0 aliphatic carbocycles. The first-order valence-electron chi connectivity index (χ1n) is 7.02. The monoisotopic (exact) mass is 330 g/mol. The molecule has 0 spiro atoms. The molecule has 0 saturated heterocycles. The number of carbonyl (C=O) groups is 1. The van der Waals surface area contributed by atoms with Gasteiger partial charge in [0.1, 0.15) is 0 Å². The molecule has 6 heteroatoms. The highest BCUT2D eigenvalue weighted by atomic mass is 32.2. The summed E-state index contributed by atoms with van der Waals surface area (Å²) in [5, 5.41) is 13.2. The molecule has 0 bridgehead atoms. The summed E-state index contributed by atoms with van der Waals surface area (Å²) in [6, 6.07) is 14.5. The number of ether oxygens (including phenoxy) is 1. The summed E-state index contributed by atoms with van der Waals surface area (Å²) in [4.78, 5) is 13.0. The summed E-state index contributed by atoms with van der Waals surface area (Å²) in [6.45, 7) is 1.83. The molecule has 2 aromatic carbocycles. The second-order valence-corrected chi connectivity index (χ2v) is 6.15. The fraction of sp³-hybridized carbons (Fsp3) is 0.176. The van der Waals surface area contributed by atoms with Crippen molar-refractivity contribution in [3.8, 4) is 11.5 Å². The topological polar surface area (TPSA) is 70.9 Å². The number of aromatic hydroxyl groups is 1. The van der Waals surface area contributed by atoms with Gasteiger partial charge in [-0.2, -0.15) is 5.10 Å². The van der Waals surface area contributed by atoms with Gasteiger partial charge in [0.25, 0.3) is 5.91 Å². The largest absolute Gasteiger partial charge is 0.504 e. The molecular weight excluding hydrogens is 312 g/mol. The average Bonchev–Trinajstić information content (AvgIpc) is 2.57. The number of nitrogens with zero attached hydrogens (tertiary/aromatic N) is 1. The first kappa shape index (κ1) is 16.9. The van der Waals surface area contributed by atoms with E-state index >= 15 is 0 Å². The summed E-state index contributed by atoms with van der Waals surface area (Å²) in [5.74, 6) is 0.232. The van der Waals surface area contributed by atoms with E-state index in [9.17, 15) is 9.90 Å². The molecule has 2 aromatic rings. The lowest BCUT2D eigenvalue weighted by Gasteiger charge is -2.09. The van der Waals surface area contributed by atoms with Crippen LogP contribution < -0.4 is 10.2 Å². The van der Waals surface area contributed by atoms with Gasteiger partial charge in [-0.3, -0.25) is 4.79 Å². The Balaban J connectivity index is 1.90. The molecule has 120 valence electrons. The predicted octanol–water partition coefficient (Wildman–Crippen LogP) is 3.03. The lowest BCUT2D eigenvalue weighted by molar-refractivity contribution is -0.120. The number of carbonyl (C=O) groups excluding carboxylic acids is 1. The highest BCUT2D eigenvalue weighted by Crippen LogP contribution is 2.25. The molecule has 0 heterocycles. The highest BCUT2D eigenvalue weighted by Gasteiger charge is 2.13. The zero-order valence-corrected chi connectivity index (χ0v) is 13.7. The van der Waals surface area contributed by atoms with Crippen molar-refractivity contribution in [1.29, 1.82) is 0 Å². The van der Waals surface area contributed by atoms with Gasteiger partial charge in [-0.1, -0.05) is 18.2 Å². The molecular formula is C17H18N2O3S. The van der Waals surface area contributed by atoms with E-state index in [1.165, 1.54) is 31.2 Å². The molecule has 1 unspecified atom stereocenters. The van der Waals surface area contributed by atoms with Crippen molar-refractivity contribution in [1.82, 2.24) is 5.43 Å². The number of rotatable bonds is 6. The smallest absolute Gasteiger partial charge is 0.253 e. The number of amides is 1. The predicted molar refractivity (Wildman–Crippen MR) is 92.2 cm³/mol. The number of methoxy groups -OCH3 is 1. The van der Waals surface area contributed by atoms with Crippen molar-refractivity contribution < 1.29 is 14.6 Å². The third kappa shape index (κ3) is 5.03. The van der Waals surface area contributed by atoms with E-state index < -0.39 is 0 Å². The van der Waals surface area contributed by atoms with Crippen LogP contribution in [0, 0.1) is 0 Å². The first-order valence-corrected chi connectivity index (χ1v) is 7.89. The van der Waals surface area contributed by atoms with Gasteiger partial charge in [0.15, 0.2) is 11.5 Å². The SMILES string of the molecule is COc1cc(/C=N/NC(=O)C(C)Sc2ccccc2)ccc1O. The zero-order valence-electron chi connectivity index (χ0n) is 12.9. The maximum Gasteiger partial charge on any atom is 0.253 e. The minimum Gasteiger partial charge on any atom is -0.504 e. The lowest BCUT2D eigenvalue weighted by Crippen LogP contribution is -2.26. The van der Waals surface area contributed by atoms with Crippen LogP contribution in [-0.4, -0.2) is 29.6 Å². The highest BCUT2D eigenvalue weighted by molar-refractivity contribution is 8.00. The van der Waals surface area contributed by atoms with Crippen LogP contribution >= 0.6 is 11.8 Å². The lowest BCUT2D eigenvalue weighted by atomic mass is 10.2. The van der Waals surface area contributed by atoms with Gasteiger partial charge < -0.3 is 9.84 Å². The maximum atomic E-state index is 12.0. The summed E-state index contributed by atoms with van der Waals surface area (Å²) >= 11 is 1.47. The second-order valence-electron chi connectivity index (χ2n) is 4.74. The van der Waals surface area contributed by atoms with E-state index in [0.29, 0.717) is 11.3 Å². The molecule has 2 rings (SSSR count). The quantitative estimate of drug-likeness (QED) is 0.485. The minimum atomic E-state index is -0.260.